The molecule has 3 N–H and O–H groups in total. The zero-order chi connectivity index (χ0) is 14.4. The minimum Gasteiger partial charge on any atom is -0.479 e. The summed E-state index contributed by atoms with van der Waals surface area (Å²) in [7, 11) is 0. The van der Waals surface area contributed by atoms with Crippen molar-refractivity contribution in [1.82, 2.24) is 5.32 Å². The Balaban J connectivity index is 0.000000360. The van der Waals surface area contributed by atoms with Crippen LogP contribution >= 0.6 is 0 Å². The number of carboxylic acid groups (broad SMARTS) is 2. The summed E-state index contributed by atoms with van der Waals surface area (Å²) in [4.78, 5) is 19.6. The first kappa shape index (κ1) is 16.2. The fraction of sp³-hybridized carbons (Fsp3) is 0.600. The lowest BCUT2D eigenvalue weighted by atomic mass is 9.99. The zero-order valence-electron chi connectivity index (χ0n) is 9.47. The molecule has 1 saturated heterocycles. The molecule has 102 valence electrons. The summed E-state index contributed by atoms with van der Waals surface area (Å²) >= 11 is 0. The van der Waals surface area contributed by atoms with Gasteiger partial charge >= 0.3 is 18.1 Å². The van der Waals surface area contributed by atoms with Crippen molar-refractivity contribution < 1.29 is 33.0 Å². The Morgan fingerprint density at radius 2 is 1.83 bits per heavy atom. The van der Waals surface area contributed by atoms with Gasteiger partial charge in [-0.2, -0.15) is 13.2 Å². The maximum absolute atomic E-state index is 10.7. The fourth-order valence-corrected chi connectivity index (χ4v) is 1.30. The third-order valence-corrected chi connectivity index (χ3v) is 2.10. The van der Waals surface area contributed by atoms with Crippen molar-refractivity contribution in [2.75, 3.05) is 6.54 Å². The summed E-state index contributed by atoms with van der Waals surface area (Å²) in [5, 5.41) is 18.9. The smallest absolute Gasteiger partial charge is 0.479 e. The lowest BCUT2D eigenvalue weighted by Gasteiger charge is -2.16. The third-order valence-electron chi connectivity index (χ3n) is 2.10. The van der Waals surface area contributed by atoms with Crippen LogP contribution in [0, 0.1) is 11.8 Å². The van der Waals surface area contributed by atoms with E-state index in [9.17, 15) is 18.0 Å². The van der Waals surface area contributed by atoms with Crippen LogP contribution in [0.15, 0.2) is 0 Å². The Morgan fingerprint density at radius 1 is 1.33 bits per heavy atom. The number of aliphatic carboxylic acids is 2. The first-order valence-electron chi connectivity index (χ1n) is 4.88. The van der Waals surface area contributed by atoms with Gasteiger partial charge in [-0.1, -0.05) is 5.92 Å². The van der Waals surface area contributed by atoms with E-state index in [1.807, 2.05) is 0 Å². The SMILES string of the molecule is CC#C[C@]1(C(=O)O)CCCN1.O=C(O)C(F)(F)F. The standard InChI is InChI=1S/C8H11NO2.C2HF3O2/c1-2-4-8(7(10)11)5-3-6-9-8;3-2(4,5)1(6)7/h9H,3,5-6H2,1H3,(H,10,11);(H,6,7)/t8-;/m1./s1. The van der Waals surface area contributed by atoms with Gasteiger partial charge in [0.25, 0.3) is 0 Å². The highest BCUT2D eigenvalue weighted by atomic mass is 19.4. The van der Waals surface area contributed by atoms with E-state index in [2.05, 4.69) is 17.2 Å². The van der Waals surface area contributed by atoms with Crippen LogP contribution < -0.4 is 5.32 Å². The van der Waals surface area contributed by atoms with Crippen molar-refractivity contribution in [2.24, 2.45) is 0 Å². The Bertz CT molecular complexity index is 375. The summed E-state index contributed by atoms with van der Waals surface area (Å²) in [6.45, 7) is 2.41. The minimum atomic E-state index is -5.08. The van der Waals surface area contributed by atoms with Crippen LogP contribution in [-0.2, 0) is 9.59 Å². The molecule has 1 atom stereocenters. The summed E-state index contributed by atoms with van der Waals surface area (Å²) in [6.07, 6.45) is -3.58. The molecule has 0 aliphatic carbocycles. The average Bonchev–Trinajstić information content (AvgIpc) is 2.67. The van der Waals surface area contributed by atoms with E-state index < -0.39 is 23.7 Å². The van der Waals surface area contributed by atoms with Gasteiger partial charge in [0.15, 0.2) is 5.54 Å². The molecule has 1 aliphatic heterocycles. The minimum absolute atomic E-state index is 0.614. The van der Waals surface area contributed by atoms with Crippen molar-refractivity contribution in [3.8, 4) is 11.8 Å². The molecule has 0 saturated carbocycles. The number of rotatable bonds is 1. The van der Waals surface area contributed by atoms with E-state index in [-0.39, 0.29) is 0 Å². The molecule has 5 nitrogen and oxygen atoms in total. The number of carboxylic acids is 2. The molecule has 0 bridgehead atoms. The highest BCUT2D eigenvalue weighted by molar-refractivity contribution is 5.83. The quantitative estimate of drug-likeness (QED) is 0.613. The Hall–Kier alpha value is -1.75. The highest BCUT2D eigenvalue weighted by Crippen LogP contribution is 2.18. The van der Waals surface area contributed by atoms with Crippen LogP contribution in [0.4, 0.5) is 13.2 Å². The van der Waals surface area contributed by atoms with Crippen molar-refractivity contribution in [2.45, 2.75) is 31.5 Å². The van der Waals surface area contributed by atoms with Gasteiger partial charge in [-0.25, -0.2) is 9.59 Å². The first-order chi connectivity index (χ1) is 8.15. The maximum Gasteiger partial charge on any atom is 0.490 e. The van der Waals surface area contributed by atoms with Gasteiger partial charge < -0.3 is 10.2 Å². The number of alkyl halides is 3. The Morgan fingerprint density at radius 3 is 2.06 bits per heavy atom. The van der Waals surface area contributed by atoms with Crippen LogP contribution in [0.1, 0.15) is 19.8 Å². The van der Waals surface area contributed by atoms with Crippen LogP contribution in [-0.4, -0.2) is 40.4 Å². The predicted molar refractivity (Wildman–Crippen MR) is 54.7 cm³/mol. The molecular weight excluding hydrogens is 255 g/mol. The molecule has 0 spiro atoms. The third kappa shape index (κ3) is 4.63. The fourth-order valence-electron chi connectivity index (χ4n) is 1.30. The van der Waals surface area contributed by atoms with E-state index in [1.165, 1.54) is 0 Å². The molecule has 1 heterocycles. The van der Waals surface area contributed by atoms with E-state index in [4.69, 9.17) is 15.0 Å². The van der Waals surface area contributed by atoms with Crippen LogP contribution in [0.2, 0.25) is 0 Å². The predicted octanol–water partition coefficient (Wildman–Crippen LogP) is 0.850. The van der Waals surface area contributed by atoms with Crippen LogP contribution in [0.3, 0.4) is 0 Å². The molecule has 0 aromatic rings. The lowest BCUT2D eigenvalue weighted by molar-refractivity contribution is -0.192. The molecule has 0 unspecified atom stereocenters. The Kier molecular flexibility index (Phi) is 5.65. The van der Waals surface area contributed by atoms with Gasteiger partial charge in [0.2, 0.25) is 0 Å². The molecule has 0 amide bonds. The molecule has 0 aromatic carbocycles. The lowest BCUT2D eigenvalue weighted by Crippen LogP contribution is -2.46. The molecule has 0 aromatic heterocycles. The number of halogens is 3. The average molecular weight is 267 g/mol. The summed E-state index contributed by atoms with van der Waals surface area (Å²) in [6, 6.07) is 0. The van der Waals surface area contributed by atoms with Gasteiger partial charge in [0.1, 0.15) is 0 Å². The second-order valence-corrected chi connectivity index (χ2v) is 3.42. The normalized spacial score (nSPS) is 22.2. The maximum atomic E-state index is 10.7. The number of hydrogen-bond acceptors (Lipinski definition) is 3. The van der Waals surface area contributed by atoms with Crippen molar-refractivity contribution in [3.05, 3.63) is 0 Å². The van der Waals surface area contributed by atoms with Crippen LogP contribution in [0.25, 0.3) is 0 Å². The van der Waals surface area contributed by atoms with Gasteiger partial charge in [0.05, 0.1) is 0 Å². The van der Waals surface area contributed by atoms with Gasteiger partial charge in [-0.15, -0.1) is 5.92 Å². The molecule has 1 fully saturated rings. The molecular formula is C10H12F3NO4. The van der Waals surface area contributed by atoms with E-state index >= 15 is 0 Å². The first-order valence-corrected chi connectivity index (χ1v) is 4.88. The van der Waals surface area contributed by atoms with Crippen molar-refractivity contribution in [1.29, 1.82) is 0 Å². The number of carbonyl (C=O) groups is 2. The second-order valence-electron chi connectivity index (χ2n) is 3.42. The monoisotopic (exact) mass is 267 g/mol. The Labute approximate surface area is 101 Å². The van der Waals surface area contributed by atoms with Gasteiger partial charge in [0, 0.05) is 0 Å². The topological polar surface area (TPSA) is 86.6 Å². The van der Waals surface area contributed by atoms with E-state index in [0.717, 1.165) is 13.0 Å². The zero-order valence-corrected chi connectivity index (χ0v) is 9.47. The van der Waals surface area contributed by atoms with Gasteiger partial charge in [-0.3, -0.25) is 5.32 Å². The largest absolute Gasteiger partial charge is 0.490 e. The van der Waals surface area contributed by atoms with Gasteiger partial charge in [-0.05, 0) is 26.3 Å². The molecule has 18 heavy (non-hydrogen) atoms. The molecule has 1 aliphatic rings. The summed E-state index contributed by atoms with van der Waals surface area (Å²) in [5.41, 5.74) is -0.950. The second kappa shape index (κ2) is 6.26. The highest BCUT2D eigenvalue weighted by Gasteiger charge is 2.39. The van der Waals surface area contributed by atoms with Crippen molar-refractivity contribution >= 4 is 11.9 Å². The molecule has 8 heteroatoms. The number of hydrogen-bond donors (Lipinski definition) is 3. The van der Waals surface area contributed by atoms with E-state index in [1.54, 1.807) is 6.92 Å². The van der Waals surface area contributed by atoms with E-state index in [0.29, 0.717) is 6.42 Å². The van der Waals surface area contributed by atoms with Crippen LogP contribution in [0.5, 0.6) is 0 Å². The summed E-state index contributed by atoms with van der Waals surface area (Å²) < 4.78 is 31.7. The summed E-state index contributed by atoms with van der Waals surface area (Å²) in [5.74, 6) is 1.72. The number of nitrogens with one attached hydrogen (secondary N) is 1. The molecule has 0 radical (unpaired) electrons. The van der Waals surface area contributed by atoms with Crippen molar-refractivity contribution in [3.63, 3.8) is 0 Å². The molecule has 1 rings (SSSR count).